The van der Waals surface area contributed by atoms with Crippen LogP contribution in [-0.4, -0.2) is 49.9 Å². The zero-order chi connectivity index (χ0) is 16.2. The van der Waals surface area contributed by atoms with Gasteiger partial charge in [-0.2, -0.15) is 13.2 Å². The molecule has 1 aromatic rings. The number of benzene rings is 1. The van der Waals surface area contributed by atoms with Crippen LogP contribution < -0.4 is 10.1 Å². The van der Waals surface area contributed by atoms with Crippen LogP contribution in [0.4, 0.5) is 13.2 Å². The van der Waals surface area contributed by atoms with Crippen LogP contribution in [0.5, 0.6) is 5.75 Å². The lowest BCUT2D eigenvalue weighted by Crippen LogP contribution is -2.45. The van der Waals surface area contributed by atoms with Crippen molar-refractivity contribution >= 4 is 0 Å². The highest BCUT2D eigenvalue weighted by molar-refractivity contribution is 5.41. The molecule has 1 aromatic carbocycles. The lowest BCUT2D eigenvalue weighted by Gasteiger charge is -2.35. The number of rotatable bonds is 5. The average Bonchev–Trinajstić information content (AvgIpc) is 2.52. The van der Waals surface area contributed by atoms with Gasteiger partial charge < -0.3 is 15.2 Å². The molecule has 1 saturated heterocycles. The van der Waals surface area contributed by atoms with Crippen molar-refractivity contribution in [1.82, 2.24) is 10.2 Å². The lowest BCUT2D eigenvalue weighted by atomic mass is 9.98. The van der Waals surface area contributed by atoms with Crippen LogP contribution in [0.3, 0.4) is 0 Å². The van der Waals surface area contributed by atoms with Crippen molar-refractivity contribution in [3.63, 3.8) is 0 Å². The standard InChI is InChI=1S/C15H21F3N2O2/c1-22-14-10-11(15(16,17)18)2-3-12(14)13(4-9-21)20-7-5-19-6-8-20/h2-3,10,13,19,21H,4-9H2,1H3/t13-/m1/s1. The predicted molar refractivity (Wildman–Crippen MR) is 76.9 cm³/mol. The summed E-state index contributed by atoms with van der Waals surface area (Å²) in [5, 5.41) is 12.5. The summed E-state index contributed by atoms with van der Waals surface area (Å²) < 4.78 is 43.7. The first-order valence-corrected chi connectivity index (χ1v) is 7.28. The molecule has 4 nitrogen and oxygen atoms in total. The molecule has 1 aliphatic heterocycles. The number of nitrogens with one attached hydrogen (secondary N) is 1. The summed E-state index contributed by atoms with van der Waals surface area (Å²) >= 11 is 0. The van der Waals surface area contributed by atoms with E-state index in [0.717, 1.165) is 38.3 Å². The third-order valence-corrected chi connectivity index (χ3v) is 3.91. The molecule has 0 aromatic heterocycles. The van der Waals surface area contributed by atoms with E-state index in [1.54, 1.807) is 0 Å². The summed E-state index contributed by atoms with van der Waals surface area (Å²) in [7, 11) is 1.37. The smallest absolute Gasteiger partial charge is 0.416 e. The van der Waals surface area contributed by atoms with Gasteiger partial charge in [-0.15, -0.1) is 0 Å². The van der Waals surface area contributed by atoms with Gasteiger partial charge in [-0.05, 0) is 18.6 Å². The van der Waals surface area contributed by atoms with Gasteiger partial charge in [0.25, 0.3) is 0 Å². The summed E-state index contributed by atoms with van der Waals surface area (Å²) in [6.07, 6.45) is -3.94. The minimum atomic E-state index is -4.40. The van der Waals surface area contributed by atoms with Gasteiger partial charge in [0.1, 0.15) is 5.75 Å². The molecule has 0 radical (unpaired) electrons. The fourth-order valence-electron chi connectivity index (χ4n) is 2.81. The zero-order valence-electron chi connectivity index (χ0n) is 12.5. The number of halogens is 3. The van der Waals surface area contributed by atoms with Gasteiger partial charge in [-0.1, -0.05) is 6.07 Å². The number of hydrogen-bond acceptors (Lipinski definition) is 4. The normalized spacial score (nSPS) is 18.2. The second-order valence-electron chi connectivity index (χ2n) is 5.27. The van der Waals surface area contributed by atoms with Crippen molar-refractivity contribution in [2.45, 2.75) is 18.6 Å². The number of methoxy groups -OCH3 is 1. The molecule has 2 rings (SSSR count). The Bertz CT molecular complexity index is 488. The fourth-order valence-corrected chi connectivity index (χ4v) is 2.81. The number of piperazine rings is 1. The molecule has 2 N–H and O–H groups in total. The number of ether oxygens (including phenoxy) is 1. The van der Waals surface area contributed by atoms with Crippen molar-refractivity contribution in [3.8, 4) is 5.75 Å². The topological polar surface area (TPSA) is 44.7 Å². The first-order valence-electron chi connectivity index (χ1n) is 7.28. The summed E-state index contributed by atoms with van der Waals surface area (Å²) in [5.41, 5.74) is -0.0393. The quantitative estimate of drug-likeness (QED) is 0.872. The van der Waals surface area contributed by atoms with Gasteiger partial charge in [0.05, 0.1) is 12.7 Å². The molecule has 0 aliphatic carbocycles. The lowest BCUT2D eigenvalue weighted by molar-refractivity contribution is -0.137. The largest absolute Gasteiger partial charge is 0.496 e. The van der Waals surface area contributed by atoms with E-state index in [4.69, 9.17) is 4.74 Å². The molecule has 0 bridgehead atoms. The highest BCUT2D eigenvalue weighted by Gasteiger charge is 2.32. The number of hydrogen-bond donors (Lipinski definition) is 2. The first kappa shape index (κ1) is 17.1. The Morgan fingerprint density at radius 2 is 2.00 bits per heavy atom. The van der Waals surface area contributed by atoms with Crippen LogP contribution in [0.25, 0.3) is 0 Å². The van der Waals surface area contributed by atoms with E-state index >= 15 is 0 Å². The number of nitrogens with zero attached hydrogens (tertiary/aromatic N) is 1. The SMILES string of the molecule is COc1cc(C(F)(F)F)ccc1[C@@H](CCO)N1CCNCC1. The molecule has 7 heteroatoms. The van der Waals surface area contributed by atoms with Crippen molar-refractivity contribution < 1.29 is 23.0 Å². The second-order valence-corrected chi connectivity index (χ2v) is 5.27. The van der Waals surface area contributed by atoms with Crippen molar-refractivity contribution in [1.29, 1.82) is 0 Å². The van der Waals surface area contributed by atoms with Crippen LogP contribution in [0, 0.1) is 0 Å². The minimum absolute atomic E-state index is 0.0290. The second kappa shape index (κ2) is 7.30. The molecule has 1 atom stereocenters. The van der Waals surface area contributed by atoms with Gasteiger partial charge in [0, 0.05) is 44.4 Å². The van der Waals surface area contributed by atoms with E-state index in [2.05, 4.69) is 10.2 Å². The van der Waals surface area contributed by atoms with Gasteiger partial charge in [0.2, 0.25) is 0 Å². The third kappa shape index (κ3) is 3.91. The summed E-state index contributed by atoms with van der Waals surface area (Å²) in [4.78, 5) is 2.16. The maximum Gasteiger partial charge on any atom is 0.416 e. The molecule has 0 amide bonds. The third-order valence-electron chi connectivity index (χ3n) is 3.91. The average molecular weight is 318 g/mol. The van der Waals surface area contributed by atoms with Gasteiger partial charge in [-0.25, -0.2) is 0 Å². The monoisotopic (exact) mass is 318 g/mol. The van der Waals surface area contributed by atoms with E-state index in [9.17, 15) is 18.3 Å². The summed E-state index contributed by atoms with van der Waals surface area (Å²) in [6, 6.07) is 3.42. The maximum absolute atomic E-state index is 12.8. The molecule has 1 heterocycles. The van der Waals surface area contributed by atoms with Crippen LogP contribution >= 0.6 is 0 Å². The van der Waals surface area contributed by atoms with E-state index in [-0.39, 0.29) is 18.4 Å². The van der Waals surface area contributed by atoms with Crippen LogP contribution in [0.15, 0.2) is 18.2 Å². The van der Waals surface area contributed by atoms with E-state index < -0.39 is 11.7 Å². The molecule has 0 unspecified atom stereocenters. The molecule has 124 valence electrons. The van der Waals surface area contributed by atoms with Crippen LogP contribution in [-0.2, 0) is 6.18 Å². The molecule has 0 spiro atoms. The van der Waals surface area contributed by atoms with Crippen LogP contribution in [0.1, 0.15) is 23.6 Å². The van der Waals surface area contributed by atoms with Gasteiger partial charge >= 0.3 is 6.18 Å². The van der Waals surface area contributed by atoms with E-state index in [0.29, 0.717) is 12.0 Å². The van der Waals surface area contributed by atoms with Crippen LogP contribution in [0.2, 0.25) is 0 Å². The minimum Gasteiger partial charge on any atom is -0.496 e. The number of aliphatic hydroxyl groups is 1. The molecule has 1 aliphatic rings. The van der Waals surface area contributed by atoms with E-state index in [1.165, 1.54) is 13.2 Å². The Hall–Kier alpha value is -1.31. The van der Waals surface area contributed by atoms with Crippen molar-refractivity contribution in [2.24, 2.45) is 0 Å². The Balaban J connectivity index is 2.33. The Labute approximate surface area is 127 Å². The molecule has 22 heavy (non-hydrogen) atoms. The first-order chi connectivity index (χ1) is 10.5. The molecular formula is C15H21F3N2O2. The molecule has 0 saturated carbocycles. The predicted octanol–water partition coefficient (Wildman–Crippen LogP) is 2.04. The van der Waals surface area contributed by atoms with Gasteiger partial charge in [0.15, 0.2) is 0 Å². The highest BCUT2D eigenvalue weighted by atomic mass is 19.4. The Morgan fingerprint density at radius 3 is 2.55 bits per heavy atom. The van der Waals surface area contributed by atoms with Gasteiger partial charge in [-0.3, -0.25) is 4.90 Å². The summed E-state index contributed by atoms with van der Waals surface area (Å²) in [6.45, 7) is 3.19. The van der Waals surface area contributed by atoms with E-state index in [1.807, 2.05) is 0 Å². The molecule has 1 fully saturated rings. The maximum atomic E-state index is 12.8. The highest BCUT2D eigenvalue weighted by Crippen LogP contribution is 2.37. The number of aliphatic hydroxyl groups excluding tert-OH is 1. The van der Waals surface area contributed by atoms with Crippen molar-refractivity contribution in [3.05, 3.63) is 29.3 Å². The Morgan fingerprint density at radius 1 is 1.32 bits per heavy atom. The number of alkyl halides is 3. The fraction of sp³-hybridized carbons (Fsp3) is 0.600. The zero-order valence-corrected chi connectivity index (χ0v) is 12.5. The summed E-state index contributed by atoms with van der Waals surface area (Å²) in [5.74, 6) is 0.215. The Kier molecular flexibility index (Phi) is 5.66. The van der Waals surface area contributed by atoms with Crippen molar-refractivity contribution in [2.75, 3.05) is 39.9 Å². The molecular weight excluding hydrogens is 297 g/mol.